The predicted octanol–water partition coefficient (Wildman–Crippen LogP) is 4.65. The molecule has 0 nitrogen and oxygen atoms in total. The molecular formula is C12H15Br. The maximum Gasteiger partial charge on any atom is 0.0175 e. The van der Waals surface area contributed by atoms with Gasteiger partial charge in [0, 0.05) is 4.47 Å². The van der Waals surface area contributed by atoms with Crippen molar-refractivity contribution in [2.75, 3.05) is 0 Å². The van der Waals surface area contributed by atoms with Crippen molar-refractivity contribution in [3.8, 4) is 0 Å². The zero-order chi connectivity index (χ0) is 9.52. The first kappa shape index (κ1) is 10.5. The zero-order valence-electron chi connectivity index (χ0n) is 7.96. The third kappa shape index (κ3) is 4.28. The first-order valence-corrected chi connectivity index (χ1v) is 5.54. The van der Waals surface area contributed by atoms with Crippen molar-refractivity contribution in [2.45, 2.75) is 26.2 Å². The normalized spacial score (nSPS) is 10.9. The number of halogens is 1. The highest BCUT2D eigenvalue weighted by molar-refractivity contribution is 9.10. The third-order valence-corrected chi connectivity index (χ3v) is 2.43. The molecule has 0 bridgehead atoms. The molecule has 0 radical (unpaired) electrons. The standard InChI is InChI=1S/C12H15Br/c1-2-3-4-5-6-11-7-9-12(13)10-8-11/h5-10H,2-4H2,1H3/b6-5+. The average molecular weight is 239 g/mol. The minimum absolute atomic E-state index is 1.14. The third-order valence-electron chi connectivity index (χ3n) is 1.90. The SMILES string of the molecule is CCCC/C=C/c1ccc(Br)cc1. The Labute approximate surface area is 88.8 Å². The molecule has 0 aromatic heterocycles. The van der Waals surface area contributed by atoms with Crippen LogP contribution in [0.1, 0.15) is 31.7 Å². The van der Waals surface area contributed by atoms with Crippen LogP contribution in [0.4, 0.5) is 0 Å². The molecule has 0 heterocycles. The molecule has 1 rings (SSSR count). The van der Waals surface area contributed by atoms with Gasteiger partial charge >= 0.3 is 0 Å². The quantitative estimate of drug-likeness (QED) is 0.670. The summed E-state index contributed by atoms with van der Waals surface area (Å²) in [7, 11) is 0. The van der Waals surface area contributed by atoms with Gasteiger partial charge in [-0.05, 0) is 24.1 Å². The van der Waals surface area contributed by atoms with Crippen LogP contribution in [0.15, 0.2) is 34.8 Å². The van der Waals surface area contributed by atoms with E-state index in [9.17, 15) is 0 Å². The van der Waals surface area contributed by atoms with E-state index in [4.69, 9.17) is 0 Å². The van der Waals surface area contributed by atoms with Crippen LogP contribution < -0.4 is 0 Å². The summed E-state index contributed by atoms with van der Waals surface area (Å²) < 4.78 is 1.14. The van der Waals surface area contributed by atoms with Gasteiger partial charge in [0.05, 0.1) is 0 Å². The van der Waals surface area contributed by atoms with Gasteiger partial charge in [-0.2, -0.15) is 0 Å². The molecule has 0 aliphatic rings. The van der Waals surface area contributed by atoms with Crippen molar-refractivity contribution in [3.05, 3.63) is 40.4 Å². The summed E-state index contributed by atoms with van der Waals surface area (Å²) in [5.41, 5.74) is 1.28. The van der Waals surface area contributed by atoms with E-state index in [0.717, 1.165) is 4.47 Å². The summed E-state index contributed by atoms with van der Waals surface area (Å²) in [6, 6.07) is 8.37. The first-order chi connectivity index (χ1) is 6.33. The summed E-state index contributed by atoms with van der Waals surface area (Å²) in [6.07, 6.45) is 8.17. The van der Waals surface area contributed by atoms with Crippen LogP contribution in [-0.2, 0) is 0 Å². The van der Waals surface area contributed by atoms with Gasteiger partial charge in [-0.15, -0.1) is 0 Å². The van der Waals surface area contributed by atoms with Crippen LogP contribution in [0, 0.1) is 0 Å². The highest BCUT2D eigenvalue weighted by Crippen LogP contribution is 2.11. The second-order valence-electron chi connectivity index (χ2n) is 3.10. The minimum Gasteiger partial charge on any atom is -0.0839 e. The van der Waals surface area contributed by atoms with Gasteiger partial charge in [-0.1, -0.05) is 60.0 Å². The Bertz CT molecular complexity index is 259. The fraction of sp³-hybridized carbons (Fsp3) is 0.333. The lowest BCUT2D eigenvalue weighted by atomic mass is 10.2. The molecule has 0 aliphatic carbocycles. The summed E-state index contributed by atoms with van der Waals surface area (Å²) in [5, 5.41) is 0. The van der Waals surface area contributed by atoms with Gasteiger partial charge in [-0.25, -0.2) is 0 Å². The lowest BCUT2D eigenvalue weighted by Gasteiger charge is -1.93. The molecule has 1 aromatic carbocycles. The maximum absolute atomic E-state index is 3.41. The smallest absolute Gasteiger partial charge is 0.0175 e. The van der Waals surface area contributed by atoms with E-state index >= 15 is 0 Å². The predicted molar refractivity (Wildman–Crippen MR) is 62.7 cm³/mol. The molecule has 70 valence electrons. The van der Waals surface area contributed by atoms with Gasteiger partial charge in [0.15, 0.2) is 0 Å². The second-order valence-corrected chi connectivity index (χ2v) is 4.01. The average Bonchev–Trinajstić information content (AvgIpc) is 2.15. The Morgan fingerprint density at radius 3 is 2.54 bits per heavy atom. The molecule has 0 aliphatic heterocycles. The van der Waals surface area contributed by atoms with E-state index in [2.05, 4.69) is 59.3 Å². The highest BCUT2D eigenvalue weighted by Gasteiger charge is 1.86. The molecule has 0 spiro atoms. The molecule has 0 N–H and O–H groups in total. The van der Waals surface area contributed by atoms with E-state index in [1.165, 1.54) is 24.8 Å². The van der Waals surface area contributed by atoms with Crippen LogP contribution in [0.2, 0.25) is 0 Å². The van der Waals surface area contributed by atoms with E-state index in [1.807, 2.05) is 0 Å². The number of allylic oxidation sites excluding steroid dienone is 1. The Morgan fingerprint density at radius 2 is 1.92 bits per heavy atom. The van der Waals surface area contributed by atoms with E-state index < -0.39 is 0 Å². The lowest BCUT2D eigenvalue weighted by molar-refractivity contribution is 0.816. The monoisotopic (exact) mass is 238 g/mol. The summed E-state index contributed by atoms with van der Waals surface area (Å²) in [5.74, 6) is 0. The van der Waals surface area contributed by atoms with Crippen LogP contribution in [0.25, 0.3) is 6.08 Å². The largest absolute Gasteiger partial charge is 0.0839 e. The summed E-state index contributed by atoms with van der Waals surface area (Å²) in [6.45, 7) is 2.22. The van der Waals surface area contributed by atoms with E-state index in [1.54, 1.807) is 0 Å². The van der Waals surface area contributed by atoms with Crippen molar-refractivity contribution in [1.82, 2.24) is 0 Å². The van der Waals surface area contributed by atoms with Gasteiger partial charge in [0.25, 0.3) is 0 Å². The highest BCUT2D eigenvalue weighted by atomic mass is 79.9. The second kappa shape index (κ2) is 5.98. The first-order valence-electron chi connectivity index (χ1n) is 4.75. The van der Waals surface area contributed by atoms with Crippen molar-refractivity contribution in [1.29, 1.82) is 0 Å². The van der Waals surface area contributed by atoms with Crippen molar-refractivity contribution in [3.63, 3.8) is 0 Å². The molecule has 0 saturated heterocycles. The minimum atomic E-state index is 1.14. The summed E-state index contributed by atoms with van der Waals surface area (Å²) in [4.78, 5) is 0. The molecule has 0 amide bonds. The molecule has 0 saturated carbocycles. The van der Waals surface area contributed by atoms with Crippen LogP contribution in [-0.4, -0.2) is 0 Å². The Balaban J connectivity index is 2.44. The lowest BCUT2D eigenvalue weighted by Crippen LogP contribution is -1.71. The van der Waals surface area contributed by atoms with Crippen LogP contribution in [0.5, 0.6) is 0 Å². The molecule has 0 fully saturated rings. The molecule has 1 aromatic rings. The molecule has 13 heavy (non-hydrogen) atoms. The fourth-order valence-corrected chi connectivity index (χ4v) is 1.38. The van der Waals surface area contributed by atoms with E-state index in [0.29, 0.717) is 0 Å². The Kier molecular flexibility index (Phi) is 4.84. The fourth-order valence-electron chi connectivity index (χ4n) is 1.12. The summed E-state index contributed by atoms with van der Waals surface area (Å²) >= 11 is 3.41. The zero-order valence-corrected chi connectivity index (χ0v) is 9.55. The van der Waals surface area contributed by atoms with Gasteiger partial charge in [0.2, 0.25) is 0 Å². The van der Waals surface area contributed by atoms with Crippen LogP contribution in [0.3, 0.4) is 0 Å². The van der Waals surface area contributed by atoms with Gasteiger partial charge in [-0.3, -0.25) is 0 Å². The number of hydrogen-bond donors (Lipinski definition) is 0. The van der Waals surface area contributed by atoms with Gasteiger partial charge < -0.3 is 0 Å². The number of rotatable bonds is 4. The van der Waals surface area contributed by atoms with Crippen molar-refractivity contribution < 1.29 is 0 Å². The maximum atomic E-state index is 3.41. The number of unbranched alkanes of at least 4 members (excludes halogenated alkanes) is 2. The van der Waals surface area contributed by atoms with E-state index in [-0.39, 0.29) is 0 Å². The molecular weight excluding hydrogens is 224 g/mol. The van der Waals surface area contributed by atoms with Gasteiger partial charge in [0.1, 0.15) is 0 Å². The Hall–Kier alpha value is -0.560. The number of hydrogen-bond acceptors (Lipinski definition) is 0. The molecule has 0 atom stereocenters. The van der Waals surface area contributed by atoms with Crippen LogP contribution >= 0.6 is 15.9 Å². The molecule has 0 unspecified atom stereocenters. The topological polar surface area (TPSA) is 0 Å². The van der Waals surface area contributed by atoms with Crippen molar-refractivity contribution in [2.24, 2.45) is 0 Å². The van der Waals surface area contributed by atoms with Crippen molar-refractivity contribution >= 4 is 22.0 Å². The number of benzene rings is 1. The Morgan fingerprint density at radius 1 is 1.23 bits per heavy atom. The molecule has 1 heteroatoms.